The third-order valence-corrected chi connectivity index (χ3v) is 5.73. The van der Waals surface area contributed by atoms with Crippen LogP contribution in [0.15, 0.2) is 28.7 Å². The van der Waals surface area contributed by atoms with E-state index >= 15 is 0 Å². The molecule has 26 heavy (non-hydrogen) atoms. The summed E-state index contributed by atoms with van der Waals surface area (Å²) >= 11 is 3.42. The van der Waals surface area contributed by atoms with Gasteiger partial charge >= 0.3 is 0 Å². The average molecular weight is 469 g/mol. The van der Waals surface area contributed by atoms with Crippen LogP contribution in [0.1, 0.15) is 39.2 Å². The van der Waals surface area contributed by atoms with E-state index in [1.54, 1.807) is 0 Å². The predicted molar refractivity (Wildman–Crippen MR) is 117 cm³/mol. The monoisotopic (exact) mass is 467 g/mol. The fourth-order valence-corrected chi connectivity index (χ4v) is 3.68. The summed E-state index contributed by atoms with van der Waals surface area (Å²) in [6.07, 6.45) is 2.14. The van der Waals surface area contributed by atoms with Crippen LogP contribution < -0.4 is 5.73 Å². The number of halogens is 3. The molecule has 1 aliphatic rings. The first-order chi connectivity index (χ1) is 11.4. The first-order valence-corrected chi connectivity index (χ1v) is 9.74. The second-order valence-corrected chi connectivity index (χ2v) is 7.85. The molecule has 0 bridgehead atoms. The molecule has 0 saturated carbocycles. The van der Waals surface area contributed by atoms with Crippen LogP contribution in [-0.4, -0.2) is 48.4 Å². The van der Waals surface area contributed by atoms with E-state index in [9.17, 15) is 4.79 Å². The van der Waals surface area contributed by atoms with Crippen LogP contribution in [0.25, 0.3) is 0 Å². The quantitative estimate of drug-likeness (QED) is 0.685. The lowest BCUT2D eigenvalue weighted by atomic mass is 9.89. The number of benzene rings is 1. The number of hydrogen-bond donors (Lipinski definition) is 1. The molecule has 1 saturated heterocycles. The molecule has 2 N–H and O–H groups in total. The second-order valence-electron chi connectivity index (χ2n) is 6.93. The number of hydrogen-bond acceptors (Lipinski definition) is 3. The summed E-state index contributed by atoms with van der Waals surface area (Å²) in [7, 11) is 0. The van der Waals surface area contributed by atoms with Crippen molar-refractivity contribution >= 4 is 46.7 Å². The van der Waals surface area contributed by atoms with Crippen LogP contribution in [0.3, 0.4) is 0 Å². The Hall–Kier alpha value is -0.330. The fourth-order valence-electron chi connectivity index (χ4n) is 3.41. The van der Waals surface area contributed by atoms with E-state index in [2.05, 4.69) is 34.7 Å². The molecule has 4 nitrogen and oxygen atoms in total. The van der Waals surface area contributed by atoms with Crippen molar-refractivity contribution < 1.29 is 4.79 Å². The molecule has 0 spiro atoms. The highest BCUT2D eigenvalue weighted by molar-refractivity contribution is 9.10. The molecule has 150 valence electrons. The normalized spacial score (nSPS) is 17.2. The van der Waals surface area contributed by atoms with Crippen molar-refractivity contribution in [3.05, 3.63) is 34.3 Å². The molecule has 0 radical (unpaired) electrons. The van der Waals surface area contributed by atoms with E-state index in [0.717, 1.165) is 55.6 Å². The number of amides is 1. The van der Waals surface area contributed by atoms with Gasteiger partial charge in [0.05, 0.1) is 0 Å². The fraction of sp³-hybridized carbons (Fsp3) is 0.632. The maximum Gasteiger partial charge on any atom is 0.246 e. The minimum Gasteiger partial charge on any atom is -0.341 e. The van der Waals surface area contributed by atoms with Gasteiger partial charge in [-0.2, -0.15) is 0 Å². The maximum atomic E-state index is 12.9. The summed E-state index contributed by atoms with van der Waals surface area (Å²) in [6, 6.07) is 7.72. The molecule has 1 fully saturated rings. The molecule has 1 aromatic rings. The molecule has 1 aromatic carbocycles. The number of likely N-dealkylation sites (tertiary alicyclic amines) is 1. The largest absolute Gasteiger partial charge is 0.341 e. The van der Waals surface area contributed by atoms with Crippen molar-refractivity contribution in [2.75, 3.05) is 32.7 Å². The maximum absolute atomic E-state index is 12.9. The highest BCUT2D eigenvalue weighted by Gasteiger charge is 2.36. The van der Waals surface area contributed by atoms with Crippen LogP contribution >= 0.6 is 40.7 Å². The van der Waals surface area contributed by atoms with Gasteiger partial charge in [0.2, 0.25) is 5.91 Å². The van der Waals surface area contributed by atoms with Crippen molar-refractivity contribution in [3.8, 4) is 0 Å². The zero-order valence-electron chi connectivity index (χ0n) is 15.9. The van der Waals surface area contributed by atoms with Crippen molar-refractivity contribution in [2.45, 2.75) is 39.2 Å². The molecular weight excluding hydrogens is 437 g/mol. The van der Waals surface area contributed by atoms with Gasteiger partial charge in [0.25, 0.3) is 0 Å². The molecule has 1 atom stereocenters. The SMILES string of the molecule is CCN(CC)CC1CCN(C(=O)C(C)(N)c2ccc(Br)cc2)CC1.Cl.Cl. The third kappa shape index (κ3) is 6.38. The topological polar surface area (TPSA) is 49.6 Å². The number of piperidine rings is 1. The van der Waals surface area contributed by atoms with Gasteiger partial charge in [-0.3, -0.25) is 4.79 Å². The smallest absolute Gasteiger partial charge is 0.246 e. The van der Waals surface area contributed by atoms with E-state index in [1.165, 1.54) is 0 Å². The first-order valence-electron chi connectivity index (χ1n) is 8.95. The first kappa shape index (κ1) is 25.7. The van der Waals surface area contributed by atoms with Crippen LogP contribution in [0.5, 0.6) is 0 Å². The van der Waals surface area contributed by atoms with Crippen molar-refractivity contribution in [2.24, 2.45) is 11.7 Å². The van der Waals surface area contributed by atoms with Gasteiger partial charge in [-0.25, -0.2) is 0 Å². The Labute approximate surface area is 178 Å². The minimum atomic E-state index is -0.966. The van der Waals surface area contributed by atoms with Crippen LogP contribution in [-0.2, 0) is 10.3 Å². The zero-order chi connectivity index (χ0) is 17.7. The molecule has 1 aliphatic heterocycles. The van der Waals surface area contributed by atoms with Crippen molar-refractivity contribution in [1.29, 1.82) is 0 Å². The summed E-state index contributed by atoms with van der Waals surface area (Å²) in [5.74, 6) is 0.719. The Morgan fingerprint density at radius 1 is 1.19 bits per heavy atom. The summed E-state index contributed by atoms with van der Waals surface area (Å²) in [5.41, 5.74) is 6.30. The van der Waals surface area contributed by atoms with Gasteiger partial charge in [0.1, 0.15) is 5.54 Å². The summed E-state index contributed by atoms with van der Waals surface area (Å²) in [5, 5.41) is 0. The van der Waals surface area contributed by atoms with Crippen molar-refractivity contribution in [3.63, 3.8) is 0 Å². The molecule has 1 unspecified atom stereocenters. The zero-order valence-corrected chi connectivity index (χ0v) is 19.1. The third-order valence-electron chi connectivity index (χ3n) is 5.20. The Bertz CT molecular complexity index is 542. The minimum absolute atomic E-state index is 0. The molecule has 2 rings (SSSR count). The van der Waals surface area contributed by atoms with Crippen LogP contribution in [0.4, 0.5) is 0 Å². The highest BCUT2D eigenvalue weighted by Crippen LogP contribution is 2.26. The van der Waals surface area contributed by atoms with Crippen molar-refractivity contribution in [1.82, 2.24) is 9.80 Å². The van der Waals surface area contributed by atoms with Crippen LogP contribution in [0, 0.1) is 5.92 Å². The Balaban J connectivity index is 0.00000312. The Morgan fingerprint density at radius 2 is 1.69 bits per heavy atom. The summed E-state index contributed by atoms with van der Waals surface area (Å²) in [4.78, 5) is 17.3. The molecule has 1 amide bonds. The van der Waals surface area contributed by atoms with Gasteiger partial charge in [0, 0.05) is 24.1 Å². The molecule has 1 heterocycles. The number of nitrogens with two attached hydrogens (primary N) is 1. The lowest BCUT2D eigenvalue weighted by Crippen LogP contribution is -2.53. The molecule has 0 aromatic heterocycles. The molecule has 0 aliphatic carbocycles. The van der Waals surface area contributed by atoms with Crippen LogP contribution in [0.2, 0.25) is 0 Å². The average Bonchev–Trinajstić information content (AvgIpc) is 2.60. The van der Waals surface area contributed by atoms with Gasteiger partial charge < -0.3 is 15.5 Å². The number of carbonyl (C=O) groups excluding carboxylic acids is 1. The van der Waals surface area contributed by atoms with E-state index in [-0.39, 0.29) is 30.7 Å². The van der Waals surface area contributed by atoms with Gasteiger partial charge in [-0.1, -0.05) is 41.9 Å². The van der Waals surface area contributed by atoms with Gasteiger partial charge in [-0.15, -0.1) is 24.8 Å². The Morgan fingerprint density at radius 3 is 2.15 bits per heavy atom. The number of rotatable bonds is 6. The molecule has 7 heteroatoms. The number of nitrogens with zero attached hydrogens (tertiary/aromatic N) is 2. The van der Waals surface area contributed by atoms with E-state index in [0.29, 0.717) is 5.92 Å². The lowest BCUT2D eigenvalue weighted by molar-refractivity contribution is -0.138. The standard InChI is InChI=1S/C19H30BrN3O.2ClH/c1-4-22(5-2)14-15-10-12-23(13-11-15)18(24)19(3,21)16-6-8-17(20)9-7-16;;/h6-9,15H,4-5,10-14,21H2,1-3H3;2*1H. The molecular formula is C19H32BrCl2N3O. The van der Waals surface area contributed by atoms with Gasteiger partial charge in [-0.05, 0) is 56.5 Å². The summed E-state index contributed by atoms with van der Waals surface area (Å²) in [6.45, 7) is 11.2. The van der Waals surface area contributed by atoms with E-state index in [1.807, 2.05) is 36.1 Å². The predicted octanol–water partition coefficient (Wildman–Crippen LogP) is 4.05. The van der Waals surface area contributed by atoms with Gasteiger partial charge in [0.15, 0.2) is 0 Å². The Kier molecular flexibility index (Phi) is 11.4. The highest BCUT2D eigenvalue weighted by atomic mass is 79.9. The van der Waals surface area contributed by atoms with E-state index < -0.39 is 5.54 Å². The number of carbonyl (C=O) groups is 1. The van der Waals surface area contributed by atoms with E-state index in [4.69, 9.17) is 5.73 Å². The second kappa shape index (κ2) is 11.5. The lowest BCUT2D eigenvalue weighted by Gasteiger charge is -2.38. The summed E-state index contributed by atoms with van der Waals surface area (Å²) < 4.78 is 0.992.